The van der Waals surface area contributed by atoms with Gasteiger partial charge in [0.2, 0.25) is 0 Å². The van der Waals surface area contributed by atoms with Gasteiger partial charge in [0.25, 0.3) is 0 Å². The SMILES string of the molecule is CCC1C2CNCC2CN1C1CCC12CCCCC2. The van der Waals surface area contributed by atoms with Gasteiger partial charge in [-0.25, -0.2) is 0 Å². The van der Waals surface area contributed by atoms with E-state index in [4.69, 9.17) is 0 Å². The van der Waals surface area contributed by atoms with Crippen molar-refractivity contribution in [3.8, 4) is 0 Å². The molecule has 0 bridgehead atoms. The lowest BCUT2D eigenvalue weighted by Crippen LogP contribution is -2.58. The molecule has 4 fully saturated rings. The summed E-state index contributed by atoms with van der Waals surface area (Å²) in [4.78, 5) is 2.99. The fraction of sp³-hybridized carbons (Fsp3) is 1.00. The molecule has 2 aliphatic carbocycles. The Morgan fingerprint density at radius 2 is 1.95 bits per heavy atom. The first-order valence-corrected chi connectivity index (χ1v) is 8.80. The van der Waals surface area contributed by atoms with Crippen molar-refractivity contribution in [3.05, 3.63) is 0 Å². The highest BCUT2D eigenvalue weighted by molar-refractivity contribution is 5.08. The van der Waals surface area contributed by atoms with Gasteiger partial charge < -0.3 is 5.32 Å². The number of nitrogens with zero attached hydrogens (tertiary/aromatic N) is 1. The molecule has 0 amide bonds. The van der Waals surface area contributed by atoms with Gasteiger partial charge in [-0.15, -0.1) is 0 Å². The van der Waals surface area contributed by atoms with E-state index >= 15 is 0 Å². The Morgan fingerprint density at radius 1 is 1.11 bits per heavy atom. The first-order chi connectivity index (χ1) is 9.34. The summed E-state index contributed by atoms with van der Waals surface area (Å²) in [5.74, 6) is 1.93. The molecule has 0 aromatic rings. The van der Waals surface area contributed by atoms with Crippen molar-refractivity contribution in [2.24, 2.45) is 17.3 Å². The summed E-state index contributed by atoms with van der Waals surface area (Å²) >= 11 is 0. The highest BCUT2D eigenvalue weighted by Gasteiger charge is 2.54. The molecule has 4 atom stereocenters. The van der Waals surface area contributed by atoms with E-state index in [1.165, 1.54) is 71.0 Å². The second kappa shape index (κ2) is 4.73. The second-order valence-corrected chi connectivity index (χ2v) is 7.73. The van der Waals surface area contributed by atoms with Gasteiger partial charge in [0.1, 0.15) is 0 Å². The minimum Gasteiger partial charge on any atom is -0.316 e. The Balaban J connectivity index is 1.52. The van der Waals surface area contributed by atoms with Crippen molar-refractivity contribution in [2.45, 2.75) is 70.4 Å². The van der Waals surface area contributed by atoms with Crippen molar-refractivity contribution in [1.29, 1.82) is 0 Å². The summed E-state index contributed by atoms with van der Waals surface area (Å²) in [5, 5.41) is 3.63. The maximum atomic E-state index is 3.63. The molecular weight excluding hydrogens is 232 g/mol. The van der Waals surface area contributed by atoms with Crippen LogP contribution in [0.15, 0.2) is 0 Å². The minimum atomic E-state index is 0.762. The van der Waals surface area contributed by atoms with Gasteiger partial charge in [-0.2, -0.15) is 0 Å². The van der Waals surface area contributed by atoms with Crippen LogP contribution in [-0.4, -0.2) is 36.6 Å². The molecule has 2 heteroatoms. The van der Waals surface area contributed by atoms with Crippen LogP contribution in [0.1, 0.15) is 58.3 Å². The summed E-state index contributed by atoms with van der Waals surface area (Å²) in [7, 11) is 0. The average molecular weight is 262 g/mol. The van der Waals surface area contributed by atoms with Crippen LogP contribution in [0.25, 0.3) is 0 Å². The van der Waals surface area contributed by atoms with Crippen molar-refractivity contribution < 1.29 is 0 Å². The van der Waals surface area contributed by atoms with Gasteiger partial charge in [-0.1, -0.05) is 26.2 Å². The predicted octanol–water partition coefficient (Wildman–Crippen LogP) is 3.03. The van der Waals surface area contributed by atoms with Crippen LogP contribution >= 0.6 is 0 Å². The number of likely N-dealkylation sites (tertiary alicyclic amines) is 1. The molecule has 4 unspecified atom stereocenters. The third-order valence-electron chi connectivity index (χ3n) is 7.05. The second-order valence-electron chi connectivity index (χ2n) is 7.73. The topological polar surface area (TPSA) is 15.3 Å². The van der Waals surface area contributed by atoms with E-state index in [9.17, 15) is 0 Å². The molecule has 0 aromatic carbocycles. The van der Waals surface area contributed by atoms with Gasteiger partial charge in [-0.05, 0) is 62.4 Å². The van der Waals surface area contributed by atoms with Gasteiger partial charge in [0.15, 0.2) is 0 Å². The maximum Gasteiger partial charge on any atom is 0.0155 e. The number of hydrogen-bond acceptors (Lipinski definition) is 2. The van der Waals surface area contributed by atoms with Crippen molar-refractivity contribution in [1.82, 2.24) is 10.2 Å². The molecule has 2 aliphatic heterocycles. The van der Waals surface area contributed by atoms with Gasteiger partial charge in [-0.3, -0.25) is 4.90 Å². The smallest absolute Gasteiger partial charge is 0.0155 e. The third kappa shape index (κ3) is 1.82. The molecule has 19 heavy (non-hydrogen) atoms. The summed E-state index contributed by atoms with van der Waals surface area (Å²) in [6.45, 7) is 6.41. The highest BCUT2D eigenvalue weighted by atomic mass is 15.3. The predicted molar refractivity (Wildman–Crippen MR) is 79.2 cm³/mol. The van der Waals surface area contributed by atoms with Crippen LogP contribution in [0.4, 0.5) is 0 Å². The molecule has 0 aromatic heterocycles. The Morgan fingerprint density at radius 3 is 2.63 bits per heavy atom. The highest BCUT2D eigenvalue weighted by Crippen LogP contribution is 2.56. The number of rotatable bonds is 2. The first kappa shape index (κ1) is 12.6. The van der Waals surface area contributed by atoms with Crippen molar-refractivity contribution in [3.63, 3.8) is 0 Å². The van der Waals surface area contributed by atoms with Gasteiger partial charge in [0.05, 0.1) is 0 Å². The van der Waals surface area contributed by atoms with Crippen LogP contribution < -0.4 is 5.32 Å². The molecule has 1 spiro atoms. The van der Waals surface area contributed by atoms with Gasteiger partial charge in [0, 0.05) is 18.6 Å². The lowest BCUT2D eigenvalue weighted by Gasteiger charge is -2.57. The van der Waals surface area contributed by atoms with E-state index in [2.05, 4.69) is 17.1 Å². The molecule has 2 heterocycles. The molecule has 1 N–H and O–H groups in total. The summed E-state index contributed by atoms with van der Waals surface area (Å²) in [6, 6.07) is 1.85. The Bertz CT molecular complexity index is 334. The Hall–Kier alpha value is -0.0800. The Labute approximate surface area is 118 Å². The van der Waals surface area contributed by atoms with Crippen LogP contribution in [0.3, 0.4) is 0 Å². The molecule has 0 radical (unpaired) electrons. The van der Waals surface area contributed by atoms with Crippen LogP contribution in [0, 0.1) is 17.3 Å². The molecular formula is C17H30N2. The quantitative estimate of drug-likeness (QED) is 0.823. The Kier molecular flexibility index (Phi) is 3.15. The zero-order chi connectivity index (χ0) is 12.9. The van der Waals surface area contributed by atoms with E-state index in [1.54, 1.807) is 0 Å². The number of fused-ring (bicyclic) bond motifs is 1. The normalized spacial score (nSPS) is 45.3. The van der Waals surface area contributed by atoms with E-state index in [-0.39, 0.29) is 0 Å². The monoisotopic (exact) mass is 262 g/mol. The van der Waals surface area contributed by atoms with Gasteiger partial charge >= 0.3 is 0 Å². The lowest BCUT2D eigenvalue weighted by molar-refractivity contribution is -0.0629. The van der Waals surface area contributed by atoms with Crippen LogP contribution in [-0.2, 0) is 0 Å². The van der Waals surface area contributed by atoms with E-state index < -0.39 is 0 Å². The summed E-state index contributed by atoms with van der Waals surface area (Å²) < 4.78 is 0. The minimum absolute atomic E-state index is 0.762. The maximum absolute atomic E-state index is 3.63. The summed E-state index contributed by atoms with van der Waals surface area (Å²) in [5.41, 5.74) is 0.762. The molecule has 2 saturated carbocycles. The molecule has 2 saturated heterocycles. The third-order valence-corrected chi connectivity index (χ3v) is 7.05. The number of nitrogens with one attached hydrogen (secondary N) is 1. The fourth-order valence-electron chi connectivity index (χ4n) is 5.99. The van der Waals surface area contributed by atoms with E-state index in [0.29, 0.717) is 0 Å². The summed E-state index contributed by atoms with van der Waals surface area (Å²) in [6.07, 6.45) is 12.0. The first-order valence-electron chi connectivity index (χ1n) is 8.80. The zero-order valence-electron chi connectivity index (χ0n) is 12.5. The molecule has 2 nitrogen and oxygen atoms in total. The molecule has 4 aliphatic rings. The van der Waals surface area contributed by atoms with Crippen molar-refractivity contribution >= 4 is 0 Å². The fourth-order valence-corrected chi connectivity index (χ4v) is 5.99. The largest absolute Gasteiger partial charge is 0.316 e. The van der Waals surface area contributed by atoms with E-state index in [1.807, 2.05) is 0 Å². The lowest BCUT2D eigenvalue weighted by atomic mass is 9.56. The molecule has 108 valence electrons. The average Bonchev–Trinajstić information content (AvgIpc) is 2.99. The number of hydrogen-bond donors (Lipinski definition) is 1. The zero-order valence-corrected chi connectivity index (χ0v) is 12.5. The standard InChI is InChI=1S/C17H30N2/c1-2-15-14-11-18-10-13(14)12-19(15)16-6-9-17(16)7-4-3-5-8-17/h13-16,18H,2-12H2,1H3. The van der Waals surface area contributed by atoms with Crippen LogP contribution in [0.2, 0.25) is 0 Å². The molecule has 4 rings (SSSR count). The van der Waals surface area contributed by atoms with Crippen LogP contribution in [0.5, 0.6) is 0 Å². The van der Waals surface area contributed by atoms with Crippen molar-refractivity contribution in [2.75, 3.05) is 19.6 Å². The van der Waals surface area contributed by atoms with E-state index in [0.717, 1.165) is 29.3 Å².